The van der Waals surface area contributed by atoms with Gasteiger partial charge in [0, 0.05) is 9.75 Å². The minimum Gasteiger partial charge on any atom is -0.309 e. The van der Waals surface area contributed by atoms with E-state index in [9.17, 15) is 0 Å². The van der Waals surface area contributed by atoms with Crippen molar-refractivity contribution in [2.75, 3.05) is 9.44 Å². The molecule has 4 heterocycles. The van der Waals surface area contributed by atoms with Crippen LogP contribution in [0.4, 0.5) is 11.4 Å². The van der Waals surface area contributed by atoms with Crippen molar-refractivity contribution in [3.8, 4) is 19.5 Å². The maximum absolute atomic E-state index is 3.59. The summed E-state index contributed by atoms with van der Waals surface area (Å²) in [6.45, 7) is 9.33. The van der Waals surface area contributed by atoms with E-state index in [1.165, 1.54) is 106 Å². The lowest BCUT2D eigenvalue weighted by atomic mass is 9.93. The summed E-state index contributed by atoms with van der Waals surface area (Å²) in [4.78, 5) is 5.80. The van der Waals surface area contributed by atoms with Crippen LogP contribution in [0.2, 0.25) is 0 Å². The topological polar surface area (TPSA) is 24.1 Å². The van der Waals surface area contributed by atoms with Gasteiger partial charge in [-0.3, -0.25) is 0 Å². The molecule has 0 fully saturated rings. The maximum Gasteiger partial charge on any atom is 0.0902 e. The lowest BCUT2D eigenvalue weighted by Crippen LogP contribution is -2.00. The average Bonchev–Trinajstić information content (AvgIpc) is 3.63. The Morgan fingerprint density at radius 3 is 1.53 bits per heavy atom. The van der Waals surface area contributed by atoms with Crippen LogP contribution in [0, 0.1) is 11.8 Å². The first-order chi connectivity index (χ1) is 16.7. The number of fused-ring (bicyclic) bond motifs is 1. The Labute approximate surface area is 223 Å². The summed E-state index contributed by atoms with van der Waals surface area (Å²) in [6, 6.07) is 4.74. The van der Waals surface area contributed by atoms with E-state index >= 15 is 0 Å². The first kappa shape index (κ1) is 26.1. The molecule has 2 nitrogen and oxygen atoms in total. The molecule has 6 heteroatoms. The summed E-state index contributed by atoms with van der Waals surface area (Å²) in [7, 11) is 0. The molecule has 34 heavy (non-hydrogen) atoms. The molecule has 3 aromatic heterocycles. The van der Waals surface area contributed by atoms with E-state index < -0.39 is 0 Å². The van der Waals surface area contributed by atoms with Crippen LogP contribution in [0.3, 0.4) is 0 Å². The Balaban J connectivity index is 1.58. The third-order valence-corrected chi connectivity index (χ3v) is 11.4. The van der Waals surface area contributed by atoms with Crippen LogP contribution in [0.15, 0.2) is 22.9 Å². The van der Waals surface area contributed by atoms with Gasteiger partial charge in [0.2, 0.25) is 0 Å². The van der Waals surface area contributed by atoms with Crippen LogP contribution in [0.25, 0.3) is 19.5 Å². The minimum absolute atomic E-state index is 0.853. The summed E-state index contributed by atoms with van der Waals surface area (Å²) >= 11 is 7.44. The summed E-state index contributed by atoms with van der Waals surface area (Å²) in [6.07, 6.45) is 12.9. The Hall–Kier alpha value is -0.950. The van der Waals surface area contributed by atoms with Crippen LogP contribution in [-0.4, -0.2) is 0 Å². The molecule has 0 bridgehead atoms. The van der Waals surface area contributed by atoms with Crippen molar-refractivity contribution in [1.29, 1.82) is 0 Å². The van der Waals surface area contributed by atoms with Crippen LogP contribution in [0.1, 0.15) is 90.2 Å². The fourth-order valence-electron chi connectivity index (χ4n) is 5.18. The zero-order valence-electron chi connectivity index (χ0n) is 21.2. The first-order valence-electron chi connectivity index (χ1n) is 13.2. The van der Waals surface area contributed by atoms with Crippen molar-refractivity contribution in [3.63, 3.8) is 0 Å². The molecule has 1 aliphatic rings. The van der Waals surface area contributed by atoms with Gasteiger partial charge in [-0.1, -0.05) is 66.2 Å². The monoisotopic (exact) mass is 532 g/mol. The quantitative estimate of drug-likeness (QED) is 0.202. The molecule has 0 aromatic carbocycles. The van der Waals surface area contributed by atoms with Gasteiger partial charge in [-0.25, -0.2) is 0 Å². The van der Waals surface area contributed by atoms with E-state index in [0.29, 0.717) is 0 Å². The Morgan fingerprint density at radius 1 is 0.647 bits per heavy atom. The molecule has 0 spiro atoms. The number of anilines is 2. The van der Waals surface area contributed by atoms with E-state index in [4.69, 9.17) is 0 Å². The Morgan fingerprint density at radius 2 is 1.12 bits per heavy atom. The normalized spacial score (nSPS) is 14.6. The molecule has 4 rings (SSSR count). The average molecular weight is 533 g/mol. The predicted molar refractivity (Wildman–Crippen MR) is 160 cm³/mol. The van der Waals surface area contributed by atoms with E-state index in [1.807, 2.05) is 34.0 Å². The molecule has 0 saturated carbocycles. The molecule has 2 unspecified atom stereocenters. The van der Waals surface area contributed by atoms with E-state index in [1.54, 1.807) is 12.1 Å². The van der Waals surface area contributed by atoms with Gasteiger partial charge in [0.15, 0.2) is 0 Å². The highest BCUT2D eigenvalue weighted by Crippen LogP contribution is 2.56. The molecule has 0 radical (unpaired) electrons. The van der Waals surface area contributed by atoms with E-state index in [-0.39, 0.29) is 0 Å². The SMILES string of the molecule is CCCC(CC)CCc1ccsc1-c1sc(-c2sccc2CCC(CC)CCC)c2c1NSN2. The highest BCUT2D eigenvalue weighted by atomic mass is 32.2. The molecule has 0 saturated heterocycles. The summed E-state index contributed by atoms with van der Waals surface area (Å²) in [5, 5.41) is 4.59. The van der Waals surface area contributed by atoms with Gasteiger partial charge in [-0.15, -0.1) is 34.0 Å². The minimum atomic E-state index is 0.853. The van der Waals surface area contributed by atoms with Crippen LogP contribution in [0.5, 0.6) is 0 Å². The van der Waals surface area contributed by atoms with Gasteiger partial charge in [0.05, 0.1) is 33.3 Å². The summed E-state index contributed by atoms with van der Waals surface area (Å²) < 4.78 is 7.17. The van der Waals surface area contributed by atoms with Crippen molar-refractivity contribution in [1.82, 2.24) is 0 Å². The fourth-order valence-corrected chi connectivity index (χ4v) is 9.47. The molecule has 3 aromatic rings. The Kier molecular flexibility index (Phi) is 9.87. The van der Waals surface area contributed by atoms with E-state index in [0.717, 1.165) is 11.8 Å². The Bertz CT molecular complexity index is 953. The van der Waals surface area contributed by atoms with Crippen molar-refractivity contribution in [2.24, 2.45) is 11.8 Å². The van der Waals surface area contributed by atoms with Gasteiger partial charge in [0.25, 0.3) is 0 Å². The van der Waals surface area contributed by atoms with Crippen molar-refractivity contribution >= 4 is 57.5 Å². The van der Waals surface area contributed by atoms with Gasteiger partial charge in [-0.05, 0) is 71.5 Å². The molecular weight excluding hydrogens is 493 g/mol. The second-order valence-electron chi connectivity index (χ2n) is 9.57. The largest absolute Gasteiger partial charge is 0.309 e. The standard InChI is InChI=1S/C28H40N2S4/c1-5-9-19(7-3)11-13-21-15-17-31-25(21)27-23-24(30-34-29-23)28(33-27)26-22(16-18-32-26)14-12-20(8-4)10-6-2/h15-20,29-30H,5-14H2,1-4H3. The fraction of sp³-hybridized carbons (Fsp3) is 0.571. The van der Waals surface area contributed by atoms with Crippen LogP contribution >= 0.6 is 46.1 Å². The predicted octanol–water partition coefficient (Wildman–Crippen LogP) is 11.1. The zero-order valence-corrected chi connectivity index (χ0v) is 24.4. The number of rotatable bonds is 14. The number of thiophene rings is 3. The van der Waals surface area contributed by atoms with E-state index in [2.05, 4.69) is 60.0 Å². The molecule has 2 atom stereocenters. The molecular formula is C28H40N2S4. The van der Waals surface area contributed by atoms with Crippen LogP contribution < -0.4 is 9.44 Å². The number of aryl methyl sites for hydroxylation is 2. The summed E-state index contributed by atoms with van der Waals surface area (Å²) in [5.41, 5.74) is 5.66. The lowest BCUT2D eigenvalue weighted by molar-refractivity contribution is 0.433. The molecule has 0 amide bonds. The molecule has 1 aliphatic heterocycles. The maximum atomic E-state index is 3.59. The second kappa shape index (κ2) is 12.8. The van der Waals surface area contributed by atoms with Gasteiger partial charge in [0.1, 0.15) is 0 Å². The molecule has 186 valence electrons. The third-order valence-electron chi connectivity index (χ3n) is 7.31. The summed E-state index contributed by atoms with van der Waals surface area (Å²) in [5.74, 6) is 1.71. The lowest BCUT2D eigenvalue weighted by Gasteiger charge is -2.13. The highest BCUT2D eigenvalue weighted by Gasteiger charge is 2.28. The molecule has 0 aliphatic carbocycles. The van der Waals surface area contributed by atoms with Crippen molar-refractivity contribution < 1.29 is 0 Å². The van der Waals surface area contributed by atoms with Gasteiger partial charge < -0.3 is 9.44 Å². The van der Waals surface area contributed by atoms with Crippen LogP contribution in [-0.2, 0) is 12.8 Å². The zero-order chi connectivity index (χ0) is 23.9. The smallest absolute Gasteiger partial charge is 0.0902 e. The number of hydrogen-bond donors (Lipinski definition) is 2. The van der Waals surface area contributed by atoms with Gasteiger partial charge >= 0.3 is 0 Å². The number of hydrogen-bond acceptors (Lipinski definition) is 6. The van der Waals surface area contributed by atoms with Crippen molar-refractivity contribution in [3.05, 3.63) is 34.0 Å². The van der Waals surface area contributed by atoms with Gasteiger partial charge in [-0.2, -0.15) is 0 Å². The molecule has 2 N–H and O–H groups in total. The van der Waals surface area contributed by atoms with Crippen molar-refractivity contribution in [2.45, 2.75) is 91.9 Å². The second-order valence-corrected chi connectivity index (χ2v) is 13.0. The number of nitrogens with one attached hydrogen (secondary N) is 2. The first-order valence-corrected chi connectivity index (χ1v) is 16.6. The third kappa shape index (κ3) is 5.88. The highest BCUT2D eigenvalue weighted by molar-refractivity contribution is 8.02.